The van der Waals surface area contributed by atoms with E-state index in [1.165, 1.54) is 24.3 Å². The monoisotopic (exact) mass is 333 g/mol. The summed E-state index contributed by atoms with van der Waals surface area (Å²) in [6, 6.07) is 5.51. The summed E-state index contributed by atoms with van der Waals surface area (Å²) in [7, 11) is 0. The molecule has 6 nitrogen and oxygen atoms in total. The lowest BCUT2D eigenvalue weighted by Crippen LogP contribution is -2.44. The number of carbonyl (C=O) groups excluding carboxylic acids is 1. The molecule has 1 spiro atoms. The van der Waals surface area contributed by atoms with Gasteiger partial charge < -0.3 is 9.47 Å². The Balaban J connectivity index is 1.60. The maximum atomic E-state index is 12.2. The highest BCUT2D eigenvalue weighted by atomic mass is 16.6. The van der Waals surface area contributed by atoms with E-state index in [1.807, 2.05) is 0 Å². The van der Waals surface area contributed by atoms with Crippen LogP contribution in [0.1, 0.15) is 55.8 Å². The Bertz CT molecular complexity index is 614. The van der Waals surface area contributed by atoms with E-state index in [2.05, 4.69) is 6.92 Å². The predicted molar refractivity (Wildman–Crippen MR) is 87.8 cm³/mol. The topological polar surface area (TPSA) is 78.7 Å². The Morgan fingerprint density at radius 1 is 1.29 bits per heavy atom. The van der Waals surface area contributed by atoms with Crippen LogP contribution in [0.15, 0.2) is 24.3 Å². The van der Waals surface area contributed by atoms with E-state index >= 15 is 0 Å². The highest BCUT2D eigenvalue weighted by Gasteiger charge is 2.46. The SMILES string of the molecule is C[C@H]1CCC[C@@]2(CCC[C@@H]2COC(=O)c2ccc([N+](=O)[O-])cc2)O1. The van der Waals surface area contributed by atoms with Crippen LogP contribution in [0.25, 0.3) is 0 Å². The maximum Gasteiger partial charge on any atom is 0.338 e. The van der Waals surface area contributed by atoms with Gasteiger partial charge in [0, 0.05) is 18.1 Å². The molecule has 3 atom stereocenters. The molecular weight excluding hydrogens is 310 g/mol. The number of nitro benzene ring substituents is 1. The molecule has 2 fully saturated rings. The van der Waals surface area contributed by atoms with Gasteiger partial charge in [-0.1, -0.05) is 6.42 Å². The zero-order valence-corrected chi connectivity index (χ0v) is 13.9. The molecule has 130 valence electrons. The molecule has 1 aromatic carbocycles. The van der Waals surface area contributed by atoms with Gasteiger partial charge in [-0.05, 0) is 51.2 Å². The van der Waals surface area contributed by atoms with Crippen LogP contribution in [0.5, 0.6) is 0 Å². The van der Waals surface area contributed by atoms with Crippen molar-refractivity contribution in [2.75, 3.05) is 6.61 Å². The second-order valence-corrected chi connectivity index (χ2v) is 6.88. The molecule has 1 aliphatic carbocycles. The molecule has 0 radical (unpaired) electrons. The molecule has 0 N–H and O–H groups in total. The first-order valence-electron chi connectivity index (χ1n) is 8.59. The predicted octanol–water partition coefficient (Wildman–Crippen LogP) is 3.88. The van der Waals surface area contributed by atoms with Crippen LogP contribution in [0.4, 0.5) is 5.69 Å². The first-order chi connectivity index (χ1) is 11.5. The summed E-state index contributed by atoms with van der Waals surface area (Å²) < 4.78 is 11.7. The summed E-state index contributed by atoms with van der Waals surface area (Å²) in [5.74, 6) is -0.196. The molecule has 3 rings (SSSR count). The molecule has 1 saturated carbocycles. The number of benzene rings is 1. The van der Waals surface area contributed by atoms with Crippen LogP contribution in [-0.2, 0) is 9.47 Å². The number of ether oxygens (including phenoxy) is 2. The van der Waals surface area contributed by atoms with Crippen molar-refractivity contribution in [2.45, 2.75) is 57.2 Å². The fourth-order valence-corrected chi connectivity index (χ4v) is 4.02. The molecule has 0 amide bonds. The minimum atomic E-state index is -0.487. The van der Waals surface area contributed by atoms with Gasteiger partial charge in [-0.15, -0.1) is 0 Å². The van der Waals surface area contributed by atoms with Crippen molar-refractivity contribution in [1.29, 1.82) is 0 Å². The summed E-state index contributed by atoms with van der Waals surface area (Å²) >= 11 is 0. The van der Waals surface area contributed by atoms with Gasteiger partial charge in [0.25, 0.3) is 5.69 Å². The quantitative estimate of drug-likeness (QED) is 0.474. The summed E-state index contributed by atoms with van der Waals surface area (Å²) in [4.78, 5) is 22.4. The van der Waals surface area contributed by atoms with Crippen molar-refractivity contribution in [1.82, 2.24) is 0 Å². The van der Waals surface area contributed by atoms with Gasteiger partial charge in [0.05, 0.1) is 28.8 Å². The third-order valence-electron chi connectivity index (χ3n) is 5.27. The van der Waals surface area contributed by atoms with E-state index in [4.69, 9.17) is 9.47 Å². The molecule has 1 aliphatic heterocycles. The van der Waals surface area contributed by atoms with E-state index in [-0.39, 0.29) is 23.3 Å². The van der Waals surface area contributed by atoms with E-state index in [1.54, 1.807) is 0 Å². The number of non-ortho nitro benzene ring substituents is 1. The normalized spacial score (nSPS) is 29.5. The minimum absolute atomic E-state index is 0.0362. The van der Waals surface area contributed by atoms with Crippen molar-refractivity contribution in [2.24, 2.45) is 5.92 Å². The van der Waals surface area contributed by atoms with Gasteiger partial charge in [-0.3, -0.25) is 10.1 Å². The number of nitro groups is 1. The Morgan fingerprint density at radius 3 is 2.58 bits per heavy atom. The number of carbonyl (C=O) groups is 1. The van der Waals surface area contributed by atoms with E-state index in [0.717, 1.165) is 38.5 Å². The number of rotatable bonds is 4. The third-order valence-corrected chi connectivity index (χ3v) is 5.27. The number of hydrogen-bond acceptors (Lipinski definition) is 5. The van der Waals surface area contributed by atoms with Crippen molar-refractivity contribution in [3.63, 3.8) is 0 Å². The molecule has 24 heavy (non-hydrogen) atoms. The van der Waals surface area contributed by atoms with Crippen molar-refractivity contribution < 1.29 is 19.2 Å². The Morgan fingerprint density at radius 2 is 1.96 bits per heavy atom. The van der Waals surface area contributed by atoms with Gasteiger partial charge in [0.2, 0.25) is 0 Å². The summed E-state index contributed by atoms with van der Waals surface area (Å²) in [6.07, 6.45) is 6.72. The largest absolute Gasteiger partial charge is 0.462 e. The molecule has 2 aliphatic rings. The summed E-state index contributed by atoms with van der Waals surface area (Å²) in [5.41, 5.74) is 0.171. The zero-order valence-electron chi connectivity index (χ0n) is 13.9. The number of esters is 1. The van der Waals surface area contributed by atoms with E-state index in [0.29, 0.717) is 12.2 Å². The summed E-state index contributed by atoms with van der Waals surface area (Å²) in [5, 5.41) is 10.7. The molecule has 1 heterocycles. The van der Waals surface area contributed by atoms with Crippen molar-refractivity contribution in [3.8, 4) is 0 Å². The lowest BCUT2D eigenvalue weighted by Gasteiger charge is -2.41. The van der Waals surface area contributed by atoms with Crippen LogP contribution in [-0.4, -0.2) is 29.2 Å². The molecule has 1 aromatic rings. The summed E-state index contributed by atoms with van der Waals surface area (Å²) in [6.45, 7) is 2.46. The van der Waals surface area contributed by atoms with Gasteiger partial charge in [0.15, 0.2) is 0 Å². The van der Waals surface area contributed by atoms with Crippen molar-refractivity contribution >= 4 is 11.7 Å². The van der Waals surface area contributed by atoms with E-state index < -0.39 is 10.9 Å². The van der Waals surface area contributed by atoms with Crippen LogP contribution >= 0.6 is 0 Å². The van der Waals surface area contributed by atoms with Crippen LogP contribution in [0.2, 0.25) is 0 Å². The van der Waals surface area contributed by atoms with Gasteiger partial charge in [-0.25, -0.2) is 4.79 Å². The van der Waals surface area contributed by atoms with Gasteiger partial charge in [-0.2, -0.15) is 0 Å². The fraction of sp³-hybridized carbons (Fsp3) is 0.611. The second kappa shape index (κ2) is 6.89. The first kappa shape index (κ1) is 16.9. The Labute approximate surface area is 141 Å². The van der Waals surface area contributed by atoms with Crippen molar-refractivity contribution in [3.05, 3.63) is 39.9 Å². The molecule has 0 bridgehead atoms. The molecular formula is C18H23NO5. The first-order valence-corrected chi connectivity index (χ1v) is 8.59. The lowest BCUT2D eigenvalue weighted by atomic mass is 9.83. The molecule has 0 unspecified atom stereocenters. The average molecular weight is 333 g/mol. The zero-order chi connectivity index (χ0) is 17.2. The average Bonchev–Trinajstić information content (AvgIpc) is 2.94. The highest BCUT2D eigenvalue weighted by Crippen LogP contribution is 2.46. The third kappa shape index (κ3) is 3.43. The highest BCUT2D eigenvalue weighted by molar-refractivity contribution is 5.89. The van der Waals surface area contributed by atoms with Crippen LogP contribution < -0.4 is 0 Å². The minimum Gasteiger partial charge on any atom is -0.462 e. The van der Waals surface area contributed by atoms with Crippen LogP contribution in [0, 0.1) is 16.0 Å². The van der Waals surface area contributed by atoms with Gasteiger partial charge in [0.1, 0.15) is 0 Å². The lowest BCUT2D eigenvalue weighted by molar-refractivity contribution is -0.384. The Hall–Kier alpha value is -1.95. The number of hydrogen-bond donors (Lipinski definition) is 0. The molecule has 6 heteroatoms. The molecule has 1 saturated heterocycles. The van der Waals surface area contributed by atoms with E-state index in [9.17, 15) is 14.9 Å². The maximum absolute atomic E-state index is 12.2. The second-order valence-electron chi connectivity index (χ2n) is 6.88. The number of nitrogens with zero attached hydrogens (tertiary/aromatic N) is 1. The van der Waals surface area contributed by atoms with Gasteiger partial charge >= 0.3 is 5.97 Å². The standard InChI is InChI=1S/C18H23NO5/c1-13-4-2-10-18(24-13)11-3-5-15(18)12-23-17(20)14-6-8-16(9-7-14)19(21)22/h6-9,13,15H,2-5,10-12H2,1H3/t13-,15+,18-/m0/s1. The smallest absolute Gasteiger partial charge is 0.338 e. The molecule has 0 aromatic heterocycles. The van der Waals surface area contributed by atoms with Crippen LogP contribution in [0.3, 0.4) is 0 Å². The fourth-order valence-electron chi connectivity index (χ4n) is 4.02. The Kier molecular flexibility index (Phi) is 4.85.